The molecule has 2 aromatic carbocycles. The van der Waals surface area contributed by atoms with E-state index in [0.29, 0.717) is 17.9 Å². The number of nitrogens with two attached hydrogens (primary N) is 1. The van der Waals surface area contributed by atoms with Crippen LogP contribution in [0.4, 0.5) is 0 Å². The van der Waals surface area contributed by atoms with E-state index in [2.05, 4.69) is 38.3 Å². The van der Waals surface area contributed by atoms with Crippen LogP contribution in [0.3, 0.4) is 0 Å². The first-order chi connectivity index (χ1) is 12.7. The highest BCUT2D eigenvalue weighted by Crippen LogP contribution is 2.22. The van der Waals surface area contributed by atoms with Crippen molar-refractivity contribution in [3.8, 4) is 5.75 Å². The monoisotopic (exact) mass is 367 g/mol. The molecule has 1 heterocycles. The normalized spacial score (nSPS) is 18.7. The average molecular weight is 368 g/mol. The van der Waals surface area contributed by atoms with Crippen LogP contribution in [0.5, 0.6) is 5.75 Å². The van der Waals surface area contributed by atoms with Gasteiger partial charge >= 0.3 is 0 Å². The SMILES string of the molecule is CC1(C)CC(NC(=O)c2cccc(OCc3ccccc3)c2)CC(C)(C)[NH2+]1. The summed E-state index contributed by atoms with van der Waals surface area (Å²) >= 11 is 0. The average Bonchev–Trinajstić information content (AvgIpc) is 2.58. The lowest BCUT2D eigenvalue weighted by Gasteiger charge is -2.43. The molecule has 0 aromatic heterocycles. The summed E-state index contributed by atoms with van der Waals surface area (Å²) in [5, 5.41) is 5.65. The number of rotatable bonds is 5. The molecule has 1 saturated heterocycles. The maximum absolute atomic E-state index is 12.8. The van der Waals surface area contributed by atoms with E-state index in [9.17, 15) is 4.79 Å². The lowest BCUT2D eigenvalue weighted by molar-refractivity contribution is -0.787. The van der Waals surface area contributed by atoms with E-state index in [0.717, 1.165) is 18.4 Å². The van der Waals surface area contributed by atoms with Gasteiger partial charge in [-0.05, 0) is 51.5 Å². The zero-order valence-corrected chi connectivity index (χ0v) is 16.8. The van der Waals surface area contributed by atoms with Gasteiger partial charge in [0.05, 0.1) is 11.1 Å². The zero-order chi connectivity index (χ0) is 19.5. The second-order valence-corrected chi connectivity index (χ2v) is 9.00. The lowest BCUT2D eigenvalue weighted by Crippen LogP contribution is -3.06. The minimum Gasteiger partial charge on any atom is -0.489 e. The van der Waals surface area contributed by atoms with Gasteiger partial charge in [0.15, 0.2) is 0 Å². The van der Waals surface area contributed by atoms with Crippen LogP contribution in [0.1, 0.15) is 56.5 Å². The van der Waals surface area contributed by atoms with Crippen LogP contribution in [0.2, 0.25) is 0 Å². The number of ether oxygens (including phenoxy) is 1. The number of nitrogens with one attached hydrogen (secondary N) is 1. The molecule has 4 heteroatoms. The second kappa shape index (κ2) is 7.73. The van der Waals surface area contributed by atoms with E-state index >= 15 is 0 Å². The quantitative estimate of drug-likeness (QED) is 0.852. The van der Waals surface area contributed by atoms with Crippen molar-refractivity contribution in [1.29, 1.82) is 0 Å². The summed E-state index contributed by atoms with van der Waals surface area (Å²) in [4.78, 5) is 12.8. The molecule has 0 atom stereocenters. The standard InChI is InChI=1S/C23H30N2O2/c1-22(2)14-19(15-23(3,4)25-22)24-21(26)18-11-8-12-20(13-18)27-16-17-9-6-5-7-10-17/h5-13,19,25H,14-16H2,1-4H3,(H,24,26)/p+1. The molecule has 1 fully saturated rings. The maximum atomic E-state index is 12.8. The first kappa shape index (κ1) is 19.4. The topological polar surface area (TPSA) is 54.9 Å². The van der Waals surface area contributed by atoms with Crippen LogP contribution >= 0.6 is 0 Å². The molecule has 4 nitrogen and oxygen atoms in total. The Morgan fingerprint density at radius 3 is 2.37 bits per heavy atom. The molecule has 0 radical (unpaired) electrons. The minimum atomic E-state index is -0.0290. The second-order valence-electron chi connectivity index (χ2n) is 9.00. The molecule has 0 spiro atoms. The van der Waals surface area contributed by atoms with Crippen molar-refractivity contribution in [1.82, 2.24) is 5.32 Å². The minimum absolute atomic E-state index is 0.0290. The number of piperidine rings is 1. The van der Waals surface area contributed by atoms with Crippen molar-refractivity contribution in [3.63, 3.8) is 0 Å². The van der Waals surface area contributed by atoms with Gasteiger partial charge in [-0.15, -0.1) is 0 Å². The largest absolute Gasteiger partial charge is 0.489 e. The van der Waals surface area contributed by atoms with Gasteiger partial charge in [0, 0.05) is 24.4 Å². The molecule has 144 valence electrons. The molecular weight excluding hydrogens is 336 g/mol. The molecule has 1 aliphatic rings. The zero-order valence-electron chi connectivity index (χ0n) is 16.8. The van der Waals surface area contributed by atoms with Crippen molar-refractivity contribution in [2.24, 2.45) is 0 Å². The van der Waals surface area contributed by atoms with Gasteiger partial charge in [-0.3, -0.25) is 4.79 Å². The first-order valence-electron chi connectivity index (χ1n) is 9.67. The third kappa shape index (κ3) is 5.57. The number of carbonyl (C=O) groups excluding carboxylic acids is 1. The number of hydrogen-bond donors (Lipinski definition) is 2. The number of quaternary nitrogens is 1. The number of amides is 1. The van der Waals surface area contributed by atoms with Gasteiger partial charge in [-0.1, -0.05) is 36.4 Å². The maximum Gasteiger partial charge on any atom is 0.251 e. The summed E-state index contributed by atoms with van der Waals surface area (Å²) in [5.41, 5.74) is 2.00. The Morgan fingerprint density at radius 2 is 1.70 bits per heavy atom. The Balaban J connectivity index is 1.63. The predicted molar refractivity (Wildman–Crippen MR) is 108 cm³/mol. The van der Waals surface area contributed by atoms with Gasteiger partial charge in [0.25, 0.3) is 5.91 Å². The Hall–Kier alpha value is -2.33. The van der Waals surface area contributed by atoms with Crippen LogP contribution in [0, 0.1) is 0 Å². The Bertz CT molecular complexity index is 768. The van der Waals surface area contributed by atoms with E-state index in [1.807, 2.05) is 54.6 Å². The van der Waals surface area contributed by atoms with Crippen LogP contribution in [-0.2, 0) is 6.61 Å². The third-order valence-electron chi connectivity index (χ3n) is 5.01. The summed E-state index contributed by atoms with van der Waals surface area (Å²) < 4.78 is 5.85. The lowest BCUT2D eigenvalue weighted by atomic mass is 9.79. The van der Waals surface area contributed by atoms with Gasteiger partial charge in [0.2, 0.25) is 0 Å². The fourth-order valence-corrected chi connectivity index (χ4v) is 4.36. The summed E-state index contributed by atoms with van der Waals surface area (Å²) in [7, 11) is 0. The van der Waals surface area contributed by atoms with Gasteiger partial charge < -0.3 is 15.4 Å². The van der Waals surface area contributed by atoms with Crippen molar-refractivity contribution < 1.29 is 14.8 Å². The molecule has 0 aliphatic carbocycles. The fraction of sp³-hybridized carbons (Fsp3) is 0.435. The highest BCUT2D eigenvalue weighted by molar-refractivity contribution is 5.94. The summed E-state index contributed by atoms with van der Waals surface area (Å²) in [6.45, 7) is 9.46. The van der Waals surface area contributed by atoms with Crippen LogP contribution in [-0.4, -0.2) is 23.0 Å². The van der Waals surface area contributed by atoms with Crippen molar-refractivity contribution in [2.75, 3.05) is 0 Å². The molecule has 0 unspecified atom stereocenters. The molecule has 27 heavy (non-hydrogen) atoms. The van der Waals surface area contributed by atoms with Crippen LogP contribution in [0.15, 0.2) is 54.6 Å². The van der Waals surface area contributed by atoms with Gasteiger partial charge in [-0.25, -0.2) is 0 Å². The van der Waals surface area contributed by atoms with Crippen LogP contribution in [0.25, 0.3) is 0 Å². The van der Waals surface area contributed by atoms with E-state index < -0.39 is 0 Å². The van der Waals surface area contributed by atoms with E-state index in [1.54, 1.807) is 0 Å². The Labute approximate surface area is 162 Å². The molecular formula is C23H31N2O2+. The molecule has 0 saturated carbocycles. The third-order valence-corrected chi connectivity index (χ3v) is 5.01. The van der Waals surface area contributed by atoms with Crippen LogP contribution < -0.4 is 15.4 Å². The van der Waals surface area contributed by atoms with Crippen molar-refractivity contribution in [3.05, 3.63) is 65.7 Å². The van der Waals surface area contributed by atoms with E-state index in [1.165, 1.54) is 0 Å². The molecule has 2 aromatic rings. The molecule has 3 rings (SSSR count). The highest BCUT2D eigenvalue weighted by atomic mass is 16.5. The van der Waals surface area contributed by atoms with E-state index in [4.69, 9.17) is 4.74 Å². The smallest absolute Gasteiger partial charge is 0.251 e. The fourth-order valence-electron chi connectivity index (χ4n) is 4.36. The first-order valence-corrected chi connectivity index (χ1v) is 9.67. The van der Waals surface area contributed by atoms with Crippen molar-refractivity contribution in [2.45, 2.75) is 64.3 Å². The molecule has 1 aliphatic heterocycles. The molecule has 1 amide bonds. The van der Waals surface area contributed by atoms with Gasteiger partial charge in [0.1, 0.15) is 12.4 Å². The van der Waals surface area contributed by atoms with E-state index in [-0.39, 0.29) is 23.0 Å². The van der Waals surface area contributed by atoms with Crippen molar-refractivity contribution >= 4 is 5.91 Å². The summed E-state index contributed by atoms with van der Waals surface area (Å²) in [5.74, 6) is 0.683. The predicted octanol–water partition coefficient (Wildman–Crippen LogP) is 3.28. The molecule has 0 bridgehead atoms. The number of benzene rings is 2. The summed E-state index contributed by atoms with van der Waals surface area (Å²) in [6.07, 6.45) is 1.93. The summed E-state index contributed by atoms with van der Waals surface area (Å²) in [6, 6.07) is 17.6. The molecule has 3 N–H and O–H groups in total. The Morgan fingerprint density at radius 1 is 1.04 bits per heavy atom. The number of hydrogen-bond acceptors (Lipinski definition) is 2. The highest BCUT2D eigenvalue weighted by Gasteiger charge is 2.42. The Kier molecular flexibility index (Phi) is 5.56. The number of carbonyl (C=O) groups is 1. The van der Waals surface area contributed by atoms with Gasteiger partial charge in [-0.2, -0.15) is 0 Å².